The van der Waals surface area contributed by atoms with E-state index in [1.54, 1.807) is 7.11 Å². The standard InChI is InChI=1S/C20H24N4O2S2/c1-22-19(13-26-16-9-7-15(25-2)8-10-16)21-24(20(22)27)14-23-11-3-5-17(23)18-6-4-12-28-18/h4,6-10,12,17H,3,5,11,13-14H2,1-2H3/p+1/t17-/m1/s1. The second kappa shape index (κ2) is 8.46. The van der Waals surface area contributed by atoms with Crippen LogP contribution < -0.4 is 14.4 Å². The number of aromatic nitrogens is 3. The fourth-order valence-electron chi connectivity index (χ4n) is 3.71. The van der Waals surface area contributed by atoms with Crippen molar-refractivity contribution < 1.29 is 14.4 Å². The molecule has 1 aliphatic heterocycles. The molecule has 0 radical (unpaired) electrons. The number of hydrogen-bond acceptors (Lipinski definition) is 5. The molecule has 0 spiro atoms. The van der Waals surface area contributed by atoms with Crippen LogP contribution in [0.1, 0.15) is 29.6 Å². The molecule has 0 bridgehead atoms. The largest absolute Gasteiger partial charge is 0.497 e. The molecule has 0 saturated carbocycles. The van der Waals surface area contributed by atoms with Gasteiger partial charge in [0.2, 0.25) is 4.77 Å². The monoisotopic (exact) mass is 417 g/mol. The summed E-state index contributed by atoms with van der Waals surface area (Å²) in [7, 11) is 3.60. The maximum Gasteiger partial charge on any atom is 0.202 e. The van der Waals surface area contributed by atoms with Crippen molar-refractivity contribution in [2.45, 2.75) is 32.2 Å². The third-order valence-electron chi connectivity index (χ3n) is 5.28. The fourth-order valence-corrected chi connectivity index (χ4v) is 4.84. The van der Waals surface area contributed by atoms with Crippen LogP contribution in [0.5, 0.6) is 11.5 Å². The summed E-state index contributed by atoms with van der Waals surface area (Å²) in [6.45, 7) is 2.32. The number of quaternary nitrogens is 1. The van der Waals surface area contributed by atoms with E-state index >= 15 is 0 Å². The number of thiophene rings is 1. The van der Waals surface area contributed by atoms with Crippen LogP contribution in [0.3, 0.4) is 0 Å². The number of hydrogen-bond donors (Lipinski definition) is 1. The summed E-state index contributed by atoms with van der Waals surface area (Å²) >= 11 is 7.48. The van der Waals surface area contributed by atoms with E-state index in [1.165, 1.54) is 22.6 Å². The van der Waals surface area contributed by atoms with Gasteiger partial charge in [-0.1, -0.05) is 6.07 Å². The third-order valence-corrected chi connectivity index (χ3v) is 6.75. The lowest BCUT2D eigenvalue weighted by atomic mass is 10.2. The minimum atomic E-state index is 0.378. The Morgan fingerprint density at radius 2 is 2.04 bits per heavy atom. The van der Waals surface area contributed by atoms with Crippen molar-refractivity contribution in [2.75, 3.05) is 13.7 Å². The summed E-state index contributed by atoms with van der Waals surface area (Å²) in [5.74, 6) is 2.42. The first kappa shape index (κ1) is 19.2. The van der Waals surface area contributed by atoms with Gasteiger partial charge in [0.15, 0.2) is 12.5 Å². The SMILES string of the molecule is COc1ccc(OCc2nn(C[NH+]3CCC[C@@H]3c3cccs3)c(=S)n2C)cc1. The molecule has 1 saturated heterocycles. The summed E-state index contributed by atoms with van der Waals surface area (Å²) in [5.41, 5.74) is 0. The van der Waals surface area contributed by atoms with Gasteiger partial charge in [-0.3, -0.25) is 0 Å². The number of benzene rings is 1. The highest BCUT2D eigenvalue weighted by atomic mass is 32.1. The van der Waals surface area contributed by atoms with Gasteiger partial charge in [0.1, 0.15) is 24.1 Å². The van der Waals surface area contributed by atoms with Gasteiger partial charge in [-0.15, -0.1) is 16.4 Å². The summed E-state index contributed by atoms with van der Waals surface area (Å²) in [5, 5.41) is 6.90. The van der Waals surface area contributed by atoms with Gasteiger partial charge in [0.05, 0.1) is 18.5 Å². The third kappa shape index (κ3) is 3.99. The Hall–Kier alpha value is -2.16. The quantitative estimate of drug-likeness (QED) is 0.601. The molecule has 0 aliphatic carbocycles. The number of methoxy groups -OCH3 is 1. The molecule has 3 aromatic rings. The summed E-state index contributed by atoms with van der Waals surface area (Å²) < 4.78 is 15.7. The zero-order valence-corrected chi connectivity index (χ0v) is 17.8. The summed E-state index contributed by atoms with van der Waals surface area (Å²) in [6, 6.07) is 12.5. The molecule has 28 heavy (non-hydrogen) atoms. The normalized spacial score (nSPS) is 19.1. The lowest BCUT2D eigenvalue weighted by Crippen LogP contribution is -3.09. The Bertz CT molecular complexity index is 963. The fraction of sp³-hybridized carbons (Fsp3) is 0.400. The Kier molecular flexibility index (Phi) is 5.79. The molecule has 1 N–H and O–H groups in total. The Morgan fingerprint density at radius 3 is 2.75 bits per heavy atom. The first-order valence-electron chi connectivity index (χ1n) is 9.43. The van der Waals surface area contributed by atoms with Gasteiger partial charge >= 0.3 is 0 Å². The minimum Gasteiger partial charge on any atom is -0.497 e. The molecular formula is C20H25N4O2S2+. The van der Waals surface area contributed by atoms with E-state index in [0.717, 1.165) is 35.3 Å². The van der Waals surface area contributed by atoms with Crippen LogP contribution in [0, 0.1) is 4.77 Å². The lowest BCUT2D eigenvalue weighted by Gasteiger charge is -2.20. The number of nitrogens with one attached hydrogen (secondary N) is 1. The van der Waals surface area contributed by atoms with Gasteiger partial charge in [-0.25, -0.2) is 0 Å². The van der Waals surface area contributed by atoms with E-state index in [4.69, 9.17) is 26.8 Å². The van der Waals surface area contributed by atoms with E-state index in [9.17, 15) is 0 Å². The van der Waals surface area contributed by atoms with Gasteiger partial charge in [-0.2, -0.15) is 4.68 Å². The van der Waals surface area contributed by atoms with Gasteiger partial charge in [0.25, 0.3) is 0 Å². The Balaban J connectivity index is 1.45. The van der Waals surface area contributed by atoms with Crippen LogP contribution >= 0.6 is 23.6 Å². The van der Waals surface area contributed by atoms with Crippen molar-refractivity contribution in [2.24, 2.45) is 7.05 Å². The summed E-state index contributed by atoms with van der Waals surface area (Å²) in [6.07, 6.45) is 2.47. The highest BCUT2D eigenvalue weighted by Gasteiger charge is 2.31. The molecule has 3 heterocycles. The molecule has 4 rings (SSSR count). The zero-order valence-electron chi connectivity index (χ0n) is 16.1. The average molecular weight is 418 g/mol. The van der Waals surface area contributed by atoms with Crippen LogP contribution in [-0.4, -0.2) is 28.0 Å². The molecule has 2 atom stereocenters. The second-order valence-electron chi connectivity index (χ2n) is 7.00. The number of likely N-dealkylation sites (tertiary alicyclic amines) is 1. The number of nitrogens with zero attached hydrogens (tertiary/aromatic N) is 3. The van der Waals surface area contributed by atoms with Crippen LogP contribution in [0.15, 0.2) is 41.8 Å². The van der Waals surface area contributed by atoms with Crippen LogP contribution in [0.2, 0.25) is 0 Å². The molecule has 1 aliphatic rings. The topological polar surface area (TPSA) is 45.6 Å². The molecule has 1 fully saturated rings. The maximum absolute atomic E-state index is 5.89. The number of ether oxygens (including phenoxy) is 2. The second-order valence-corrected chi connectivity index (χ2v) is 8.34. The van der Waals surface area contributed by atoms with Crippen molar-refractivity contribution in [3.05, 3.63) is 57.3 Å². The van der Waals surface area contributed by atoms with Crippen molar-refractivity contribution in [1.29, 1.82) is 0 Å². The zero-order chi connectivity index (χ0) is 19.5. The molecule has 6 nitrogen and oxygen atoms in total. The molecular weight excluding hydrogens is 392 g/mol. The van der Waals surface area contributed by atoms with Crippen LogP contribution in [0.4, 0.5) is 0 Å². The molecule has 148 valence electrons. The molecule has 1 unspecified atom stereocenters. The van der Waals surface area contributed by atoms with E-state index in [-0.39, 0.29) is 0 Å². The predicted octanol–water partition coefficient (Wildman–Crippen LogP) is 2.98. The first-order valence-corrected chi connectivity index (χ1v) is 10.7. The van der Waals surface area contributed by atoms with Crippen molar-refractivity contribution in [3.8, 4) is 11.5 Å². The van der Waals surface area contributed by atoms with Gasteiger partial charge in [-0.05, 0) is 47.9 Å². The highest BCUT2D eigenvalue weighted by Crippen LogP contribution is 2.23. The smallest absolute Gasteiger partial charge is 0.202 e. The lowest BCUT2D eigenvalue weighted by molar-refractivity contribution is -0.941. The molecule has 8 heteroatoms. The van der Waals surface area contributed by atoms with Crippen LogP contribution in [-0.2, 0) is 20.3 Å². The van der Waals surface area contributed by atoms with E-state index in [0.29, 0.717) is 12.6 Å². The Morgan fingerprint density at radius 1 is 1.25 bits per heavy atom. The maximum atomic E-state index is 5.89. The molecule has 2 aromatic heterocycles. The number of rotatable bonds is 7. The van der Waals surface area contributed by atoms with Gasteiger partial charge < -0.3 is 18.9 Å². The van der Waals surface area contributed by atoms with Gasteiger partial charge in [0, 0.05) is 19.9 Å². The van der Waals surface area contributed by atoms with E-state index in [1.807, 2.05) is 51.9 Å². The summed E-state index contributed by atoms with van der Waals surface area (Å²) in [4.78, 5) is 2.98. The van der Waals surface area contributed by atoms with Crippen LogP contribution in [0.25, 0.3) is 0 Å². The molecule has 0 amide bonds. The average Bonchev–Trinajstić information content (AvgIpc) is 3.45. The van der Waals surface area contributed by atoms with Crippen molar-refractivity contribution in [1.82, 2.24) is 14.3 Å². The minimum absolute atomic E-state index is 0.378. The predicted molar refractivity (Wildman–Crippen MR) is 111 cm³/mol. The first-order chi connectivity index (χ1) is 13.7. The van der Waals surface area contributed by atoms with E-state index < -0.39 is 0 Å². The van der Waals surface area contributed by atoms with E-state index in [2.05, 4.69) is 17.5 Å². The van der Waals surface area contributed by atoms with Crippen molar-refractivity contribution in [3.63, 3.8) is 0 Å². The highest BCUT2D eigenvalue weighted by molar-refractivity contribution is 7.71. The molecule has 1 aromatic carbocycles. The van der Waals surface area contributed by atoms with Crippen molar-refractivity contribution >= 4 is 23.6 Å². The Labute approximate surface area is 173 Å².